The molecule has 4 rings (SSSR count). The molecule has 0 radical (unpaired) electrons. The molecule has 36 heavy (non-hydrogen) atoms. The summed E-state index contributed by atoms with van der Waals surface area (Å²) < 4.78 is 21.5. The highest BCUT2D eigenvalue weighted by atomic mass is 35.5. The standard InChI is InChI=1S/C28H28Cl2FN3O2/c1-28(2,3)36-25(35)14-18-9-11-20(29)15-24(18)34-26(19-10-12-22(31)21(30)13-19)23(16-32)33-27(34)17-7-5-4-6-8-17/h9-13,15,17H,4-8,14H2,1-3H3. The predicted octanol–water partition coefficient (Wildman–Crippen LogP) is 7.79. The van der Waals surface area contributed by atoms with E-state index in [9.17, 15) is 14.4 Å². The first-order valence-electron chi connectivity index (χ1n) is 12.1. The normalized spacial score (nSPS) is 14.5. The average Bonchev–Trinajstić information content (AvgIpc) is 3.21. The fourth-order valence-electron chi connectivity index (χ4n) is 4.73. The molecule has 1 aliphatic rings. The fourth-order valence-corrected chi connectivity index (χ4v) is 5.08. The molecule has 0 N–H and O–H groups in total. The van der Waals surface area contributed by atoms with Crippen LogP contribution in [0.15, 0.2) is 36.4 Å². The number of hydrogen-bond acceptors (Lipinski definition) is 4. The van der Waals surface area contributed by atoms with Crippen LogP contribution in [0.25, 0.3) is 16.9 Å². The molecule has 1 fully saturated rings. The van der Waals surface area contributed by atoms with Crippen molar-refractivity contribution in [1.82, 2.24) is 9.55 Å². The molecule has 3 aromatic rings. The number of rotatable bonds is 5. The summed E-state index contributed by atoms with van der Waals surface area (Å²) in [6.07, 6.45) is 5.18. The van der Waals surface area contributed by atoms with Gasteiger partial charge in [0.05, 0.1) is 22.8 Å². The van der Waals surface area contributed by atoms with E-state index in [-0.39, 0.29) is 29.0 Å². The van der Waals surface area contributed by atoms with Crippen LogP contribution in [0, 0.1) is 17.1 Å². The molecule has 0 aliphatic heterocycles. The van der Waals surface area contributed by atoms with Gasteiger partial charge in [0.2, 0.25) is 0 Å². The molecule has 1 aliphatic carbocycles. The van der Waals surface area contributed by atoms with Crippen LogP contribution < -0.4 is 0 Å². The van der Waals surface area contributed by atoms with Crippen LogP contribution >= 0.6 is 23.2 Å². The molecule has 0 saturated heterocycles. The van der Waals surface area contributed by atoms with Crippen LogP contribution in [0.1, 0.15) is 75.9 Å². The van der Waals surface area contributed by atoms with E-state index >= 15 is 0 Å². The zero-order valence-corrected chi connectivity index (χ0v) is 22.1. The molecule has 188 valence electrons. The summed E-state index contributed by atoms with van der Waals surface area (Å²) in [6.45, 7) is 5.46. The van der Waals surface area contributed by atoms with Gasteiger partial charge in [-0.05, 0) is 69.5 Å². The minimum Gasteiger partial charge on any atom is -0.460 e. The highest BCUT2D eigenvalue weighted by Crippen LogP contribution is 2.39. The molecule has 5 nitrogen and oxygen atoms in total. The van der Waals surface area contributed by atoms with Crippen LogP contribution in [0.5, 0.6) is 0 Å². The minimum absolute atomic E-state index is 0.0115. The minimum atomic E-state index is -0.629. The Hall–Kier alpha value is -2.88. The van der Waals surface area contributed by atoms with Gasteiger partial charge in [-0.3, -0.25) is 9.36 Å². The van der Waals surface area contributed by atoms with Gasteiger partial charge < -0.3 is 4.74 Å². The van der Waals surface area contributed by atoms with E-state index in [2.05, 4.69) is 6.07 Å². The van der Waals surface area contributed by atoms with Crippen LogP contribution in [0.3, 0.4) is 0 Å². The van der Waals surface area contributed by atoms with Crippen molar-refractivity contribution >= 4 is 29.2 Å². The van der Waals surface area contributed by atoms with Crippen molar-refractivity contribution in [2.24, 2.45) is 0 Å². The van der Waals surface area contributed by atoms with E-state index in [1.165, 1.54) is 12.1 Å². The van der Waals surface area contributed by atoms with Gasteiger partial charge in [0, 0.05) is 16.5 Å². The Morgan fingerprint density at radius 2 is 1.89 bits per heavy atom. The SMILES string of the molecule is CC(C)(C)OC(=O)Cc1ccc(Cl)cc1-n1c(C2CCCCC2)nc(C#N)c1-c1ccc(F)c(Cl)c1. The van der Waals surface area contributed by atoms with Crippen molar-refractivity contribution in [1.29, 1.82) is 5.26 Å². The highest BCUT2D eigenvalue weighted by molar-refractivity contribution is 6.31. The van der Waals surface area contributed by atoms with Crippen molar-refractivity contribution in [3.63, 3.8) is 0 Å². The van der Waals surface area contributed by atoms with E-state index < -0.39 is 11.4 Å². The van der Waals surface area contributed by atoms with Gasteiger partial charge in [0.15, 0.2) is 5.69 Å². The molecule has 8 heteroatoms. The number of carbonyl (C=O) groups excluding carboxylic acids is 1. The number of imidazole rings is 1. The first kappa shape index (κ1) is 26.2. The maximum absolute atomic E-state index is 14.0. The smallest absolute Gasteiger partial charge is 0.310 e. The van der Waals surface area contributed by atoms with Crippen LogP contribution in [-0.4, -0.2) is 21.1 Å². The topological polar surface area (TPSA) is 67.9 Å². The molecule has 0 atom stereocenters. The number of hydrogen-bond donors (Lipinski definition) is 0. The zero-order valence-electron chi connectivity index (χ0n) is 20.6. The fraction of sp³-hybridized carbons (Fsp3) is 0.393. The molecular formula is C28H28Cl2FN3O2. The number of carbonyl (C=O) groups is 1. The number of halogens is 3. The number of aromatic nitrogens is 2. The third-order valence-corrected chi connectivity index (χ3v) is 6.74. The lowest BCUT2D eigenvalue weighted by molar-refractivity contribution is -0.153. The number of benzene rings is 2. The van der Waals surface area contributed by atoms with E-state index in [0.29, 0.717) is 27.5 Å². The Kier molecular flexibility index (Phi) is 7.73. The molecular weight excluding hydrogens is 500 g/mol. The quantitative estimate of drug-likeness (QED) is 0.317. The summed E-state index contributed by atoms with van der Waals surface area (Å²) in [5.41, 5.74) is 1.95. The van der Waals surface area contributed by atoms with Gasteiger partial charge in [-0.15, -0.1) is 0 Å². The lowest BCUT2D eigenvalue weighted by Gasteiger charge is -2.25. The van der Waals surface area contributed by atoms with E-state index in [4.69, 9.17) is 32.9 Å². The Bertz CT molecular complexity index is 1330. The summed E-state index contributed by atoms with van der Waals surface area (Å²) in [7, 11) is 0. The van der Waals surface area contributed by atoms with Crippen LogP contribution in [0.4, 0.5) is 4.39 Å². The second-order valence-electron chi connectivity index (χ2n) is 10.1. The van der Waals surface area contributed by atoms with Crippen molar-refractivity contribution < 1.29 is 13.9 Å². The van der Waals surface area contributed by atoms with Crippen molar-refractivity contribution in [3.05, 3.63) is 69.3 Å². The molecule has 1 aromatic heterocycles. The number of nitriles is 1. The summed E-state index contributed by atoms with van der Waals surface area (Å²) >= 11 is 12.6. The van der Waals surface area contributed by atoms with Gasteiger partial charge in [0.25, 0.3) is 0 Å². The van der Waals surface area contributed by atoms with Gasteiger partial charge in [0.1, 0.15) is 23.3 Å². The average molecular weight is 528 g/mol. The first-order chi connectivity index (χ1) is 17.1. The molecule has 0 spiro atoms. The Morgan fingerprint density at radius 3 is 2.53 bits per heavy atom. The van der Waals surface area contributed by atoms with Gasteiger partial charge >= 0.3 is 5.97 Å². The number of esters is 1. The summed E-state index contributed by atoms with van der Waals surface area (Å²) in [5.74, 6) is -0.0681. The summed E-state index contributed by atoms with van der Waals surface area (Å²) in [5, 5.41) is 10.5. The molecule has 1 heterocycles. The zero-order chi connectivity index (χ0) is 26.0. The lowest BCUT2D eigenvalue weighted by atomic mass is 9.88. The van der Waals surface area contributed by atoms with Crippen LogP contribution in [0.2, 0.25) is 10.0 Å². The lowest BCUT2D eigenvalue weighted by Crippen LogP contribution is -2.25. The second-order valence-corrected chi connectivity index (χ2v) is 11.0. The van der Waals surface area contributed by atoms with E-state index in [1.54, 1.807) is 24.3 Å². The van der Waals surface area contributed by atoms with Crippen LogP contribution in [-0.2, 0) is 16.0 Å². The predicted molar refractivity (Wildman–Crippen MR) is 139 cm³/mol. The maximum Gasteiger partial charge on any atom is 0.310 e. The third-order valence-electron chi connectivity index (χ3n) is 6.22. The Balaban J connectivity index is 1.96. The molecule has 0 unspecified atom stereocenters. The summed E-state index contributed by atoms with van der Waals surface area (Å²) in [6, 6.07) is 11.8. The number of ether oxygens (including phenoxy) is 1. The summed E-state index contributed by atoms with van der Waals surface area (Å²) in [4.78, 5) is 17.6. The van der Waals surface area contributed by atoms with Gasteiger partial charge in [-0.1, -0.05) is 48.5 Å². The Morgan fingerprint density at radius 1 is 1.17 bits per heavy atom. The molecule has 0 bridgehead atoms. The monoisotopic (exact) mass is 527 g/mol. The second kappa shape index (κ2) is 10.6. The molecule has 2 aromatic carbocycles. The maximum atomic E-state index is 14.0. The van der Waals surface area contributed by atoms with Crippen molar-refractivity contribution in [3.8, 4) is 23.0 Å². The van der Waals surface area contributed by atoms with Gasteiger partial charge in [-0.25, -0.2) is 9.37 Å². The number of nitrogens with zero attached hydrogens (tertiary/aromatic N) is 3. The molecule has 1 saturated carbocycles. The van der Waals surface area contributed by atoms with Gasteiger partial charge in [-0.2, -0.15) is 5.26 Å². The Labute approximate surface area is 220 Å². The molecule has 0 amide bonds. The van der Waals surface area contributed by atoms with E-state index in [1.807, 2.05) is 25.3 Å². The highest BCUT2D eigenvalue weighted by Gasteiger charge is 2.29. The van der Waals surface area contributed by atoms with E-state index in [0.717, 1.165) is 37.9 Å². The van der Waals surface area contributed by atoms with Crippen molar-refractivity contribution in [2.45, 2.75) is 70.8 Å². The largest absolute Gasteiger partial charge is 0.460 e. The first-order valence-corrected chi connectivity index (χ1v) is 12.8. The third kappa shape index (κ3) is 5.74. The van der Waals surface area contributed by atoms with Crippen molar-refractivity contribution in [2.75, 3.05) is 0 Å².